The zero-order valence-corrected chi connectivity index (χ0v) is 23.0. The van der Waals surface area contributed by atoms with Crippen LogP contribution in [0.25, 0.3) is 6.08 Å². The second-order valence-corrected chi connectivity index (χ2v) is 7.60. The Bertz CT molecular complexity index is 1060. The van der Waals surface area contributed by atoms with Crippen molar-refractivity contribution in [1.29, 1.82) is 0 Å². The maximum absolute atomic E-state index is 11.3. The van der Waals surface area contributed by atoms with Gasteiger partial charge in [-0.15, -0.1) is 0 Å². The van der Waals surface area contributed by atoms with E-state index in [0.717, 1.165) is 12.8 Å². The fourth-order valence-corrected chi connectivity index (χ4v) is 2.03. The van der Waals surface area contributed by atoms with Crippen LogP contribution in [0.3, 0.4) is 0 Å². The highest BCUT2D eigenvalue weighted by molar-refractivity contribution is 6.02. The molecular formula is C30H38O9. The summed E-state index contributed by atoms with van der Waals surface area (Å²) in [6, 6.07) is 15.8. The minimum Gasteiger partial charge on any atom is -0.478 e. The number of carboxylic acid groups (broad SMARTS) is 2. The highest BCUT2D eigenvalue weighted by Gasteiger charge is 2.17. The number of aromatic carboxylic acids is 1. The van der Waals surface area contributed by atoms with E-state index in [2.05, 4.69) is 36.4 Å². The highest BCUT2D eigenvalue weighted by atomic mass is 17.2. The van der Waals surface area contributed by atoms with Crippen molar-refractivity contribution in [2.24, 2.45) is 0 Å². The molecule has 0 aliphatic rings. The van der Waals surface area contributed by atoms with Crippen LogP contribution in [0.4, 0.5) is 0 Å². The van der Waals surface area contributed by atoms with Gasteiger partial charge in [-0.05, 0) is 44.9 Å². The molecule has 0 fully saturated rings. The van der Waals surface area contributed by atoms with Crippen LogP contribution in [0.5, 0.6) is 0 Å². The third-order valence-corrected chi connectivity index (χ3v) is 4.11. The van der Waals surface area contributed by atoms with Gasteiger partial charge < -0.3 is 14.9 Å². The normalized spacial score (nSPS) is 8.92. The number of esters is 1. The minimum atomic E-state index is -1.18. The highest BCUT2D eigenvalue weighted by Crippen LogP contribution is 2.10. The smallest absolute Gasteiger partial charge is 0.373 e. The molecule has 0 aromatic heterocycles. The Labute approximate surface area is 230 Å². The van der Waals surface area contributed by atoms with Gasteiger partial charge in [0.1, 0.15) is 0 Å². The second-order valence-electron chi connectivity index (χ2n) is 7.60. The summed E-state index contributed by atoms with van der Waals surface area (Å²) in [5.74, 6) is -3.21. The van der Waals surface area contributed by atoms with Crippen molar-refractivity contribution in [2.45, 2.75) is 40.5 Å². The number of benzene rings is 2. The lowest BCUT2D eigenvalue weighted by atomic mass is 10.1. The first-order valence-electron chi connectivity index (χ1n) is 12.0. The summed E-state index contributed by atoms with van der Waals surface area (Å²) in [5.41, 5.74) is 1.68. The van der Waals surface area contributed by atoms with Gasteiger partial charge in [0.15, 0.2) is 0 Å². The summed E-state index contributed by atoms with van der Waals surface area (Å²) in [6.07, 6.45) is 3.81. The first kappa shape index (κ1) is 36.7. The van der Waals surface area contributed by atoms with E-state index < -0.39 is 17.9 Å². The number of aliphatic carboxylic acids is 1. The predicted molar refractivity (Wildman–Crippen MR) is 150 cm³/mol. The molecule has 0 bridgehead atoms. The average Bonchev–Trinajstić information content (AvgIpc) is 2.93. The van der Waals surface area contributed by atoms with Crippen molar-refractivity contribution in [3.8, 4) is 0 Å². The van der Waals surface area contributed by atoms with Gasteiger partial charge in [0.2, 0.25) is 0 Å². The van der Waals surface area contributed by atoms with Gasteiger partial charge in [0, 0.05) is 11.1 Å². The van der Waals surface area contributed by atoms with Gasteiger partial charge in [-0.25, -0.2) is 19.2 Å². The monoisotopic (exact) mass is 542 g/mol. The standard InChI is InChI=1S/C10H10O5.C8H14O2.C8H8.C4H6O2/c1-2-14-15-10(13)8-6-4-3-5-7(8)9(11)12;1-4-5-6-10-8(9)7(2)3;1-2-8-6-4-3-5-7-8;1-3(2)4(5)6/h3-6H,2H2,1H3,(H,11,12);2,4-6H2,1,3H3;2-7H,1H2;1H2,2H3,(H,5,6). The van der Waals surface area contributed by atoms with Crippen LogP contribution in [0.2, 0.25) is 0 Å². The fourth-order valence-electron chi connectivity index (χ4n) is 2.03. The Morgan fingerprint density at radius 3 is 1.74 bits per heavy atom. The molecule has 39 heavy (non-hydrogen) atoms. The third kappa shape index (κ3) is 19.3. The Morgan fingerprint density at radius 2 is 1.36 bits per heavy atom. The molecule has 0 amide bonds. The van der Waals surface area contributed by atoms with E-state index in [1.54, 1.807) is 19.9 Å². The maximum atomic E-state index is 11.3. The zero-order valence-electron chi connectivity index (χ0n) is 23.0. The number of hydrogen-bond donors (Lipinski definition) is 2. The molecule has 9 nitrogen and oxygen atoms in total. The molecule has 0 atom stereocenters. The van der Waals surface area contributed by atoms with Crippen LogP contribution in [0, 0.1) is 0 Å². The van der Waals surface area contributed by atoms with Gasteiger partial charge in [-0.1, -0.05) is 81.6 Å². The van der Waals surface area contributed by atoms with E-state index in [4.69, 9.17) is 14.9 Å². The van der Waals surface area contributed by atoms with E-state index in [-0.39, 0.29) is 29.3 Å². The molecule has 0 radical (unpaired) electrons. The van der Waals surface area contributed by atoms with Crippen LogP contribution in [-0.4, -0.2) is 47.3 Å². The van der Waals surface area contributed by atoms with Crippen molar-refractivity contribution >= 4 is 30.0 Å². The van der Waals surface area contributed by atoms with Gasteiger partial charge in [-0.3, -0.25) is 4.89 Å². The van der Waals surface area contributed by atoms with Crippen molar-refractivity contribution in [3.05, 3.63) is 102 Å². The summed E-state index contributed by atoms with van der Waals surface area (Å²) < 4.78 is 4.81. The molecule has 2 rings (SSSR count). The summed E-state index contributed by atoms with van der Waals surface area (Å²) >= 11 is 0. The minimum absolute atomic E-state index is 0.0292. The number of carbonyl (C=O) groups excluding carboxylic acids is 2. The first-order valence-corrected chi connectivity index (χ1v) is 12.0. The fraction of sp³-hybridized carbons (Fsp3) is 0.267. The summed E-state index contributed by atoms with van der Waals surface area (Å²) in [6.45, 7) is 17.8. The number of ether oxygens (including phenoxy) is 1. The second kappa shape index (κ2) is 22.7. The topological polar surface area (TPSA) is 136 Å². The Balaban J connectivity index is 0. The molecule has 0 aliphatic carbocycles. The molecule has 0 aliphatic heterocycles. The van der Waals surface area contributed by atoms with Gasteiger partial charge >= 0.3 is 23.9 Å². The molecule has 2 aromatic rings. The van der Waals surface area contributed by atoms with Crippen molar-refractivity contribution in [2.75, 3.05) is 13.2 Å². The van der Waals surface area contributed by atoms with E-state index in [0.29, 0.717) is 12.2 Å². The quantitative estimate of drug-likeness (QED) is 0.115. The molecule has 212 valence electrons. The van der Waals surface area contributed by atoms with E-state index in [9.17, 15) is 19.2 Å². The average molecular weight is 543 g/mol. The lowest BCUT2D eigenvalue weighted by Gasteiger charge is -2.04. The lowest BCUT2D eigenvalue weighted by molar-refractivity contribution is -0.236. The largest absolute Gasteiger partial charge is 0.478 e. The van der Waals surface area contributed by atoms with Crippen LogP contribution in [-0.2, 0) is 24.1 Å². The van der Waals surface area contributed by atoms with Crippen LogP contribution in [0.15, 0.2) is 85.5 Å². The van der Waals surface area contributed by atoms with Crippen LogP contribution < -0.4 is 0 Å². The summed E-state index contributed by atoms with van der Waals surface area (Å²) in [5, 5.41) is 16.7. The zero-order chi connectivity index (χ0) is 30.2. The molecule has 2 N–H and O–H groups in total. The van der Waals surface area contributed by atoms with Gasteiger partial charge in [-0.2, -0.15) is 4.89 Å². The van der Waals surface area contributed by atoms with E-state index in [1.807, 2.05) is 36.4 Å². The molecule has 2 aromatic carbocycles. The third-order valence-electron chi connectivity index (χ3n) is 4.11. The number of rotatable bonds is 10. The number of hydrogen-bond acceptors (Lipinski definition) is 7. The molecule has 0 unspecified atom stereocenters. The maximum Gasteiger partial charge on any atom is 0.373 e. The van der Waals surface area contributed by atoms with Crippen molar-refractivity contribution < 1.29 is 43.9 Å². The summed E-state index contributed by atoms with van der Waals surface area (Å²) in [7, 11) is 0. The van der Waals surface area contributed by atoms with Gasteiger partial charge in [0.05, 0.1) is 24.3 Å². The molecule has 9 heteroatoms. The predicted octanol–water partition coefficient (Wildman–Crippen LogP) is 6.38. The molecule has 0 saturated heterocycles. The number of carboxylic acids is 2. The Morgan fingerprint density at radius 1 is 0.846 bits per heavy atom. The molecule has 0 saturated carbocycles. The van der Waals surface area contributed by atoms with Crippen molar-refractivity contribution in [1.82, 2.24) is 0 Å². The molecule has 0 spiro atoms. The first-order chi connectivity index (χ1) is 18.4. The van der Waals surface area contributed by atoms with E-state index in [1.165, 1.54) is 30.7 Å². The van der Waals surface area contributed by atoms with Crippen LogP contribution >= 0.6 is 0 Å². The molecular weight excluding hydrogens is 504 g/mol. The summed E-state index contributed by atoms with van der Waals surface area (Å²) in [4.78, 5) is 51.2. The number of carbonyl (C=O) groups is 4. The van der Waals surface area contributed by atoms with E-state index >= 15 is 0 Å². The number of unbranched alkanes of at least 4 members (excludes halogenated alkanes) is 1. The van der Waals surface area contributed by atoms with Gasteiger partial charge in [0.25, 0.3) is 0 Å². The molecule has 0 heterocycles. The van der Waals surface area contributed by atoms with Crippen LogP contribution in [0.1, 0.15) is 66.8 Å². The Hall–Kier alpha value is -4.50. The SMILES string of the molecule is C=C(C)C(=O)O.C=C(C)C(=O)OCCCC.C=Cc1ccccc1.CCOOC(=O)c1ccccc1C(=O)O. The van der Waals surface area contributed by atoms with Crippen molar-refractivity contribution in [3.63, 3.8) is 0 Å². The lowest BCUT2D eigenvalue weighted by Crippen LogP contribution is -2.11. The Kier molecular flexibility index (Phi) is 21.3.